The van der Waals surface area contributed by atoms with E-state index in [0.717, 1.165) is 25.0 Å². The summed E-state index contributed by atoms with van der Waals surface area (Å²) in [5.74, 6) is 0. The standard InChI is InChI=1S/C21H22INS/c1-4-14-11-17(12-15(5-2)19(14)6-3)21-20(13-24-23-21)16-7-9-18(22)10-8-16/h7-13H,4-6H2,1-3H3. The van der Waals surface area contributed by atoms with Crippen LogP contribution >= 0.6 is 34.1 Å². The summed E-state index contributed by atoms with van der Waals surface area (Å²) in [5, 5.41) is 2.17. The molecule has 3 aromatic rings. The molecular formula is C21H22INS. The normalized spacial score (nSPS) is 11.0. The Hall–Kier alpha value is -1.20. The van der Waals surface area contributed by atoms with Crippen LogP contribution in [-0.4, -0.2) is 4.37 Å². The zero-order valence-corrected chi connectivity index (χ0v) is 17.4. The molecule has 1 heterocycles. The Labute approximate surface area is 162 Å². The topological polar surface area (TPSA) is 12.9 Å². The molecule has 0 aliphatic rings. The van der Waals surface area contributed by atoms with Crippen molar-refractivity contribution in [1.82, 2.24) is 4.37 Å². The van der Waals surface area contributed by atoms with Crippen LogP contribution in [0.3, 0.4) is 0 Å². The molecule has 0 N–H and O–H groups in total. The lowest BCUT2D eigenvalue weighted by molar-refractivity contribution is 0.982. The molecule has 3 rings (SSSR count). The summed E-state index contributed by atoms with van der Waals surface area (Å²) in [6.45, 7) is 6.75. The molecule has 0 aliphatic heterocycles. The predicted octanol–water partition coefficient (Wildman–Crippen LogP) is 6.77. The Kier molecular flexibility index (Phi) is 5.72. The maximum absolute atomic E-state index is 4.73. The van der Waals surface area contributed by atoms with Gasteiger partial charge in [0.05, 0.1) is 5.69 Å². The maximum Gasteiger partial charge on any atom is 0.0919 e. The summed E-state index contributed by atoms with van der Waals surface area (Å²) in [7, 11) is 0. The fraction of sp³-hybridized carbons (Fsp3) is 0.286. The van der Waals surface area contributed by atoms with Gasteiger partial charge in [-0.2, -0.15) is 4.37 Å². The summed E-state index contributed by atoms with van der Waals surface area (Å²) < 4.78 is 5.99. The first-order valence-corrected chi connectivity index (χ1v) is 10.4. The molecule has 24 heavy (non-hydrogen) atoms. The molecule has 124 valence electrons. The molecular weight excluding hydrogens is 425 g/mol. The van der Waals surface area contributed by atoms with E-state index in [0.29, 0.717) is 0 Å². The zero-order chi connectivity index (χ0) is 17.1. The number of nitrogens with zero attached hydrogens (tertiary/aromatic N) is 1. The van der Waals surface area contributed by atoms with Gasteiger partial charge in [-0.1, -0.05) is 32.9 Å². The van der Waals surface area contributed by atoms with E-state index >= 15 is 0 Å². The first-order valence-electron chi connectivity index (χ1n) is 8.53. The van der Waals surface area contributed by atoms with Gasteiger partial charge < -0.3 is 0 Å². The number of aromatic nitrogens is 1. The third-order valence-corrected chi connectivity index (χ3v) is 5.90. The lowest BCUT2D eigenvalue weighted by Gasteiger charge is -2.14. The SMILES string of the molecule is CCc1cc(-c2nscc2-c2ccc(I)cc2)cc(CC)c1CC. The van der Waals surface area contributed by atoms with E-state index in [2.05, 4.69) is 85.1 Å². The van der Waals surface area contributed by atoms with Crippen molar-refractivity contribution in [3.8, 4) is 22.4 Å². The van der Waals surface area contributed by atoms with Gasteiger partial charge in [0, 0.05) is 20.1 Å². The van der Waals surface area contributed by atoms with Gasteiger partial charge in [-0.05, 0) is 99.9 Å². The molecule has 0 unspecified atom stereocenters. The quantitative estimate of drug-likeness (QED) is 0.394. The Morgan fingerprint density at radius 2 is 1.50 bits per heavy atom. The highest BCUT2D eigenvalue weighted by atomic mass is 127. The van der Waals surface area contributed by atoms with Gasteiger partial charge in [-0.25, -0.2) is 0 Å². The molecule has 1 nitrogen and oxygen atoms in total. The summed E-state index contributed by atoms with van der Waals surface area (Å²) in [4.78, 5) is 0. The molecule has 0 amide bonds. The Bertz CT molecular complexity index is 808. The van der Waals surface area contributed by atoms with Crippen LogP contribution in [0.1, 0.15) is 37.5 Å². The average Bonchev–Trinajstić information content (AvgIpc) is 3.10. The smallest absolute Gasteiger partial charge is 0.0919 e. The largest absolute Gasteiger partial charge is 0.192 e. The van der Waals surface area contributed by atoms with E-state index < -0.39 is 0 Å². The van der Waals surface area contributed by atoms with Gasteiger partial charge in [0.2, 0.25) is 0 Å². The number of hydrogen-bond acceptors (Lipinski definition) is 2. The minimum absolute atomic E-state index is 1.08. The molecule has 2 aromatic carbocycles. The van der Waals surface area contributed by atoms with Crippen LogP contribution in [0.15, 0.2) is 41.8 Å². The van der Waals surface area contributed by atoms with Crippen LogP contribution in [0.25, 0.3) is 22.4 Å². The van der Waals surface area contributed by atoms with Gasteiger partial charge in [-0.15, -0.1) is 0 Å². The van der Waals surface area contributed by atoms with Gasteiger partial charge in [0.1, 0.15) is 0 Å². The van der Waals surface area contributed by atoms with Crippen molar-refractivity contribution >= 4 is 34.1 Å². The van der Waals surface area contributed by atoms with E-state index in [9.17, 15) is 0 Å². The van der Waals surface area contributed by atoms with Crippen molar-refractivity contribution in [2.75, 3.05) is 0 Å². The highest BCUT2D eigenvalue weighted by Crippen LogP contribution is 2.35. The van der Waals surface area contributed by atoms with E-state index in [-0.39, 0.29) is 0 Å². The molecule has 0 saturated heterocycles. The van der Waals surface area contributed by atoms with Crippen molar-refractivity contribution in [2.45, 2.75) is 40.0 Å². The molecule has 0 radical (unpaired) electrons. The molecule has 0 bridgehead atoms. The molecule has 0 atom stereocenters. The number of hydrogen-bond donors (Lipinski definition) is 0. The van der Waals surface area contributed by atoms with Crippen LogP contribution in [0, 0.1) is 3.57 Å². The summed E-state index contributed by atoms with van der Waals surface area (Å²) in [6.07, 6.45) is 3.26. The summed E-state index contributed by atoms with van der Waals surface area (Å²) in [5.41, 5.74) is 9.32. The third kappa shape index (κ3) is 3.42. The molecule has 0 fully saturated rings. The molecule has 0 saturated carbocycles. The van der Waals surface area contributed by atoms with Crippen molar-refractivity contribution in [3.63, 3.8) is 0 Å². The minimum atomic E-state index is 1.08. The predicted molar refractivity (Wildman–Crippen MR) is 114 cm³/mol. The van der Waals surface area contributed by atoms with E-state index in [1.165, 1.54) is 37.0 Å². The molecule has 1 aromatic heterocycles. The Balaban J connectivity index is 2.14. The van der Waals surface area contributed by atoms with Crippen LogP contribution < -0.4 is 0 Å². The van der Waals surface area contributed by atoms with Gasteiger partial charge in [0.15, 0.2) is 0 Å². The monoisotopic (exact) mass is 447 g/mol. The lowest BCUT2D eigenvalue weighted by Crippen LogP contribution is -1.99. The Morgan fingerprint density at radius 1 is 0.875 bits per heavy atom. The zero-order valence-electron chi connectivity index (χ0n) is 14.4. The summed E-state index contributed by atoms with van der Waals surface area (Å²) in [6, 6.07) is 13.4. The molecule has 0 aliphatic carbocycles. The lowest BCUT2D eigenvalue weighted by atomic mass is 9.91. The third-order valence-electron chi connectivity index (χ3n) is 4.55. The number of halogens is 1. The van der Waals surface area contributed by atoms with E-state index in [1.807, 2.05) is 0 Å². The van der Waals surface area contributed by atoms with Gasteiger partial charge in [0.25, 0.3) is 0 Å². The van der Waals surface area contributed by atoms with Gasteiger partial charge >= 0.3 is 0 Å². The van der Waals surface area contributed by atoms with Crippen LogP contribution in [0.5, 0.6) is 0 Å². The van der Waals surface area contributed by atoms with Gasteiger partial charge in [-0.3, -0.25) is 0 Å². The average molecular weight is 447 g/mol. The van der Waals surface area contributed by atoms with E-state index in [4.69, 9.17) is 4.37 Å². The molecule has 0 spiro atoms. The number of rotatable bonds is 5. The fourth-order valence-electron chi connectivity index (χ4n) is 3.30. The van der Waals surface area contributed by atoms with Crippen LogP contribution in [0.2, 0.25) is 0 Å². The van der Waals surface area contributed by atoms with Crippen molar-refractivity contribution in [2.24, 2.45) is 0 Å². The van der Waals surface area contributed by atoms with Crippen molar-refractivity contribution < 1.29 is 0 Å². The second-order valence-corrected chi connectivity index (χ2v) is 7.79. The van der Waals surface area contributed by atoms with Crippen LogP contribution in [0.4, 0.5) is 0 Å². The Morgan fingerprint density at radius 3 is 2.04 bits per heavy atom. The fourth-order valence-corrected chi connectivity index (χ4v) is 4.37. The highest BCUT2D eigenvalue weighted by Gasteiger charge is 2.14. The first-order chi connectivity index (χ1) is 11.7. The summed E-state index contributed by atoms with van der Waals surface area (Å²) >= 11 is 3.89. The number of aryl methyl sites for hydroxylation is 2. The minimum Gasteiger partial charge on any atom is -0.192 e. The second kappa shape index (κ2) is 7.79. The van der Waals surface area contributed by atoms with Crippen molar-refractivity contribution in [1.29, 1.82) is 0 Å². The molecule has 3 heteroatoms. The number of benzene rings is 2. The second-order valence-electron chi connectivity index (χ2n) is 5.92. The maximum atomic E-state index is 4.73. The first kappa shape index (κ1) is 17.6. The van der Waals surface area contributed by atoms with E-state index in [1.54, 1.807) is 11.5 Å². The van der Waals surface area contributed by atoms with Crippen LogP contribution in [-0.2, 0) is 19.3 Å². The van der Waals surface area contributed by atoms with Crippen molar-refractivity contribution in [3.05, 3.63) is 62.0 Å². The highest BCUT2D eigenvalue weighted by molar-refractivity contribution is 14.1.